The van der Waals surface area contributed by atoms with Crippen LogP contribution in [-0.2, 0) is 4.74 Å². The van der Waals surface area contributed by atoms with Gasteiger partial charge in [-0.15, -0.1) is 0 Å². The van der Waals surface area contributed by atoms with Crippen LogP contribution < -0.4 is 11.0 Å². The maximum atomic E-state index is 13.1. The van der Waals surface area contributed by atoms with Gasteiger partial charge in [0.25, 0.3) is 0 Å². The van der Waals surface area contributed by atoms with Crippen molar-refractivity contribution >= 4 is 48.7 Å². The molecule has 1 aliphatic heterocycles. The SMILES string of the molecule is O=c1[nH]c(NCCN2CCOCC2)c(-c2cc(Br)cc(Br)c2)n1-c1ccc2nc[nH]c2c1. The normalized spacial score (nSPS) is 14.8. The number of morpholine rings is 1. The topological polar surface area (TPSA) is 91.0 Å². The van der Waals surface area contributed by atoms with Crippen molar-refractivity contribution in [3.8, 4) is 16.9 Å². The molecule has 2 aromatic heterocycles. The Morgan fingerprint density at radius 2 is 1.88 bits per heavy atom. The highest BCUT2D eigenvalue weighted by atomic mass is 79.9. The van der Waals surface area contributed by atoms with E-state index in [-0.39, 0.29) is 5.69 Å². The van der Waals surface area contributed by atoms with Crippen LogP contribution in [0.15, 0.2) is 56.5 Å². The first-order valence-electron chi connectivity index (χ1n) is 10.4. The highest BCUT2D eigenvalue weighted by Gasteiger charge is 2.19. The zero-order chi connectivity index (χ0) is 22.1. The Morgan fingerprint density at radius 3 is 2.66 bits per heavy atom. The Morgan fingerprint density at radius 1 is 1.09 bits per heavy atom. The lowest BCUT2D eigenvalue weighted by Crippen LogP contribution is -2.39. The smallest absolute Gasteiger partial charge is 0.332 e. The fourth-order valence-electron chi connectivity index (χ4n) is 4.00. The summed E-state index contributed by atoms with van der Waals surface area (Å²) in [5, 5.41) is 3.45. The third-order valence-electron chi connectivity index (χ3n) is 5.53. The Bertz CT molecular complexity index is 1290. The maximum absolute atomic E-state index is 13.1. The number of anilines is 1. The molecule has 32 heavy (non-hydrogen) atoms. The van der Waals surface area contributed by atoms with Crippen molar-refractivity contribution in [1.29, 1.82) is 0 Å². The summed E-state index contributed by atoms with van der Waals surface area (Å²) in [4.78, 5) is 25.9. The van der Waals surface area contributed by atoms with E-state index in [0.717, 1.165) is 69.8 Å². The first-order valence-corrected chi connectivity index (χ1v) is 12.0. The second-order valence-electron chi connectivity index (χ2n) is 7.63. The van der Waals surface area contributed by atoms with Gasteiger partial charge in [-0.1, -0.05) is 31.9 Å². The number of halogens is 2. The molecule has 0 atom stereocenters. The molecule has 3 N–H and O–H groups in total. The molecule has 0 aliphatic carbocycles. The third kappa shape index (κ3) is 4.40. The summed E-state index contributed by atoms with van der Waals surface area (Å²) in [6, 6.07) is 11.7. The molecule has 166 valence electrons. The van der Waals surface area contributed by atoms with Crippen LogP contribution in [0.4, 0.5) is 5.82 Å². The summed E-state index contributed by atoms with van der Waals surface area (Å²) in [5.41, 5.74) is 3.96. The number of imidazole rings is 2. The number of rotatable bonds is 6. The molecule has 0 bridgehead atoms. The number of nitrogens with zero attached hydrogens (tertiary/aromatic N) is 3. The van der Waals surface area contributed by atoms with Gasteiger partial charge in [0.15, 0.2) is 0 Å². The lowest BCUT2D eigenvalue weighted by molar-refractivity contribution is 0.0398. The van der Waals surface area contributed by atoms with E-state index in [9.17, 15) is 4.79 Å². The summed E-state index contributed by atoms with van der Waals surface area (Å²) < 4.78 is 8.97. The lowest BCUT2D eigenvalue weighted by atomic mass is 10.1. The van der Waals surface area contributed by atoms with Crippen LogP contribution in [0.25, 0.3) is 28.0 Å². The van der Waals surface area contributed by atoms with Crippen molar-refractivity contribution in [3.63, 3.8) is 0 Å². The number of hydrogen-bond donors (Lipinski definition) is 3. The van der Waals surface area contributed by atoms with Crippen LogP contribution >= 0.6 is 31.9 Å². The third-order valence-corrected chi connectivity index (χ3v) is 6.44. The largest absolute Gasteiger partial charge is 0.379 e. The van der Waals surface area contributed by atoms with Crippen LogP contribution in [0.1, 0.15) is 0 Å². The molecule has 2 aromatic carbocycles. The number of benzene rings is 2. The molecule has 0 amide bonds. The number of H-pyrrole nitrogens is 2. The van der Waals surface area contributed by atoms with Crippen molar-refractivity contribution < 1.29 is 4.74 Å². The number of aromatic nitrogens is 4. The molecule has 5 rings (SSSR count). The second kappa shape index (κ2) is 9.22. The minimum atomic E-state index is -0.205. The fourth-order valence-corrected chi connectivity index (χ4v) is 5.29. The zero-order valence-corrected chi connectivity index (χ0v) is 20.4. The molecule has 10 heteroatoms. The number of nitrogens with one attached hydrogen (secondary N) is 3. The van der Waals surface area contributed by atoms with Gasteiger partial charge in [-0.05, 0) is 36.4 Å². The van der Waals surface area contributed by atoms with Crippen molar-refractivity contribution in [2.75, 3.05) is 44.7 Å². The van der Waals surface area contributed by atoms with Gasteiger partial charge in [0.1, 0.15) is 5.82 Å². The monoisotopic (exact) mass is 560 g/mol. The van der Waals surface area contributed by atoms with Crippen molar-refractivity contribution in [2.45, 2.75) is 0 Å². The Kier molecular flexibility index (Phi) is 6.18. The Labute approximate surface area is 201 Å². The van der Waals surface area contributed by atoms with Gasteiger partial charge in [0, 0.05) is 40.7 Å². The van der Waals surface area contributed by atoms with E-state index in [4.69, 9.17) is 4.74 Å². The van der Waals surface area contributed by atoms with Gasteiger partial charge >= 0.3 is 5.69 Å². The predicted molar refractivity (Wildman–Crippen MR) is 133 cm³/mol. The molecule has 1 fully saturated rings. The van der Waals surface area contributed by atoms with Crippen LogP contribution in [0.2, 0.25) is 0 Å². The summed E-state index contributed by atoms with van der Waals surface area (Å²) in [7, 11) is 0. The van der Waals surface area contributed by atoms with Gasteiger partial charge in [-0.25, -0.2) is 9.78 Å². The van der Waals surface area contributed by atoms with E-state index in [0.29, 0.717) is 12.4 Å². The maximum Gasteiger partial charge on any atom is 0.332 e. The Balaban J connectivity index is 1.55. The quantitative estimate of drug-likeness (QED) is 0.331. The van der Waals surface area contributed by atoms with Crippen LogP contribution in [0.3, 0.4) is 0 Å². The van der Waals surface area contributed by atoms with E-state index in [1.165, 1.54) is 0 Å². The summed E-state index contributed by atoms with van der Waals surface area (Å²) >= 11 is 7.15. The minimum absolute atomic E-state index is 0.205. The van der Waals surface area contributed by atoms with Crippen LogP contribution in [0.5, 0.6) is 0 Å². The van der Waals surface area contributed by atoms with Crippen LogP contribution in [-0.4, -0.2) is 63.8 Å². The minimum Gasteiger partial charge on any atom is -0.379 e. The average Bonchev–Trinajstić information content (AvgIpc) is 3.37. The van der Waals surface area contributed by atoms with E-state index in [1.807, 2.05) is 36.4 Å². The Hall–Kier alpha value is -2.40. The molecule has 0 spiro atoms. The van der Waals surface area contributed by atoms with Crippen molar-refractivity contribution in [3.05, 3.63) is 62.2 Å². The number of fused-ring (bicyclic) bond motifs is 1. The molecule has 8 nitrogen and oxygen atoms in total. The van der Waals surface area contributed by atoms with Gasteiger partial charge in [-0.2, -0.15) is 0 Å². The van der Waals surface area contributed by atoms with Gasteiger partial charge < -0.3 is 15.0 Å². The van der Waals surface area contributed by atoms with E-state index in [2.05, 4.69) is 57.0 Å². The molecule has 0 unspecified atom stereocenters. The first-order chi connectivity index (χ1) is 15.6. The lowest BCUT2D eigenvalue weighted by Gasteiger charge is -2.26. The number of hydrogen-bond acceptors (Lipinski definition) is 5. The molecule has 1 aliphatic rings. The summed E-state index contributed by atoms with van der Waals surface area (Å²) in [5.74, 6) is 0.693. The molecule has 4 aromatic rings. The standard InChI is InChI=1S/C22H22Br2N6O2/c23-15-9-14(10-16(24)11-15)20-21(25-3-4-29-5-7-32-8-6-29)28-22(31)30(20)17-1-2-18-19(12-17)27-13-26-18/h1-2,9-13,25H,3-8H2,(H,26,27)(H,28,31). The zero-order valence-electron chi connectivity index (χ0n) is 17.2. The highest BCUT2D eigenvalue weighted by Crippen LogP contribution is 2.33. The molecule has 1 saturated heterocycles. The number of aromatic amines is 2. The summed E-state index contributed by atoms with van der Waals surface area (Å²) in [6.45, 7) is 4.96. The van der Waals surface area contributed by atoms with E-state index in [1.54, 1.807) is 10.9 Å². The highest BCUT2D eigenvalue weighted by molar-refractivity contribution is 9.11. The van der Waals surface area contributed by atoms with Gasteiger partial charge in [0.05, 0.1) is 42.0 Å². The molecular weight excluding hydrogens is 540 g/mol. The summed E-state index contributed by atoms with van der Waals surface area (Å²) in [6.07, 6.45) is 1.65. The molecule has 0 saturated carbocycles. The van der Waals surface area contributed by atoms with E-state index >= 15 is 0 Å². The second-order valence-corrected chi connectivity index (χ2v) is 9.46. The van der Waals surface area contributed by atoms with Crippen molar-refractivity contribution in [2.24, 2.45) is 0 Å². The van der Waals surface area contributed by atoms with E-state index < -0.39 is 0 Å². The van der Waals surface area contributed by atoms with Gasteiger partial charge in [-0.3, -0.25) is 14.5 Å². The molecule has 3 heterocycles. The average molecular weight is 562 g/mol. The number of ether oxygens (including phenoxy) is 1. The molecule has 0 radical (unpaired) electrons. The van der Waals surface area contributed by atoms with Gasteiger partial charge in [0.2, 0.25) is 0 Å². The van der Waals surface area contributed by atoms with Crippen molar-refractivity contribution in [1.82, 2.24) is 24.4 Å². The fraction of sp³-hybridized carbons (Fsp3) is 0.273. The first kappa shape index (κ1) is 21.4. The van der Waals surface area contributed by atoms with Crippen LogP contribution in [0, 0.1) is 0 Å². The predicted octanol–water partition coefficient (Wildman–Crippen LogP) is 3.98. The molecular formula is C22H22Br2N6O2.